The molecule has 5 nitrogen and oxygen atoms in total. The van der Waals surface area contributed by atoms with Gasteiger partial charge in [-0.2, -0.15) is 5.10 Å². The molecule has 6 heteroatoms. The Morgan fingerprint density at radius 3 is 3.00 bits per heavy atom. The van der Waals surface area contributed by atoms with Crippen LogP contribution in [0, 0.1) is 0 Å². The van der Waals surface area contributed by atoms with Gasteiger partial charge in [0, 0.05) is 12.0 Å². The summed E-state index contributed by atoms with van der Waals surface area (Å²) in [6, 6.07) is 5.43. The predicted molar refractivity (Wildman–Crippen MR) is 64.1 cm³/mol. The van der Waals surface area contributed by atoms with Crippen molar-refractivity contribution in [1.29, 1.82) is 0 Å². The summed E-state index contributed by atoms with van der Waals surface area (Å²) in [5, 5.41) is 16.8. The van der Waals surface area contributed by atoms with E-state index in [1.54, 1.807) is 6.07 Å². The molecule has 0 aliphatic rings. The van der Waals surface area contributed by atoms with Crippen molar-refractivity contribution >= 4 is 17.3 Å². The number of hydrogen-bond acceptors (Lipinski definition) is 4. The molecule has 2 aromatic rings. The Morgan fingerprint density at radius 2 is 2.35 bits per heavy atom. The van der Waals surface area contributed by atoms with Crippen LogP contribution in [0.2, 0.25) is 0 Å². The molecule has 0 aromatic carbocycles. The highest BCUT2D eigenvalue weighted by atomic mass is 32.1. The molecular formula is C11H10N2O3S. The van der Waals surface area contributed by atoms with Crippen LogP contribution in [-0.2, 0) is 11.2 Å². The van der Waals surface area contributed by atoms with Crippen LogP contribution in [0.15, 0.2) is 28.4 Å². The largest absolute Gasteiger partial charge is 0.481 e. The summed E-state index contributed by atoms with van der Waals surface area (Å²) in [4.78, 5) is 22.9. The summed E-state index contributed by atoms with van der Waals surface area (Å²) in [5.41, 5.74) is 0.789. The van der Waals surface area contributed by atoms with Crippen LogP contribution in [-0.4, -0.2) is 21.3 Å². The van der Waals surface area contributed by atoms with E-state index >= 15 is 0 Å². The third kappa shape index (κ3) is 2.79. The molecule has 0 saturated heterocycles. The fourth-order valence-corrected chi connectivity index (χ4v) is 2.11. The van der Waals surface area contributed by atoms with Crippen LogP contribution in [0.3, 0.4) is 0 Å². The van der Waals surface area contributed by atoms with Crippen molar-refractivity contribution in [3.05, 3.63) is 39.5 Å². The molecule has 88 valence electrons. The molecule has 2 N–H and O–H groups in total. The van der Waals surface area contributed by atoms with Crippen LogP contribution in [0.5, 0.6) is 0 Å². The lowest BCUT2D eigenvalue weighted by atomic mass is 10.1. The van der Waals surface area contributed by atoms with Crippen molar-refractivity contribution in [2.45, 2.75) is 12.8 Å². The Balaban J connectivity index is 2.30. The zero-order valence-corrected chi connectivity index (χ0v) is 9.66. The van der Waals surface area contributed by atoms with E-state index in [0.717, 1.165) is 4.88 Å². The van der Waals surface area contributed by atoms with E-state index in [-0.39, 0.29) is 18.4 Å². The maximum atomic E-state index is 11.4. The zero-order valence-electron chi connectivity index (χ0n) is 8.84. The van der Waals surface area contributed by atoms with E-state index in [2.05, 4.69) is 10.2 Å². The van der Waals surface area contributed by atoms with E-state index in [1.165, 1.54) is 11.3 Å². The number of nitrogens with zero attached hydrogens (tertiary/aromatic N) is 1. The number of carboxylic acids is 1. The Bertz CT molecular complexity index is 575. The first-order valence-electron chi connectivity index (χ1n) is 5.01. The normalized spacial score (nSPS) is 10.4. The second-order valence-electron chi connectivity index (χ2n) is 3.48. The smallest absolute Gasteiger partial charge is 0.303 e. The minimum Gasteiger partial charge on any atom is -0.481 e. The van der Waals surface area contributed by atoms with Gasteiger partial charge in [0.25, 0.3) is 5.56 Å². The summed E-state index contributed by atoms with van der Waals surface area (Å²) >= 11 is 1.51. The molecule has 0 spiro atoms. The van der Waals surface area contributed by atoms with E-state index in [1.807, 2.05) is 17.5 Å². The van der Waals surface area contributed by atoms with Gasteiger partial charge in [0.05, 0.1) is 4.88 Å². The minimum absolute atomic E-state index is 0.0586. The number of hydrogen-bond donors (Lipinski definition) is 2. The van der Waals surface area contributed by atoms with Crippen molar-refractivity contribution in [3.63, 3.8) is 0 Å². The first kappa shape index (κ1) is 11.5. The second-order valence-corrected chi connectivity index (χ2v) is 4.43. The number of nitrogens with one attached hydrogen (secondary N) is 1. The Kier molecular flexibility index (Phi) is 3.34. The summed E-state index contributed by atoms with van der Waals surface area (Å²) in [6.07, 6.45) is 0.155. The molecule has 2 rings (SSSR count). The van der Waals surface area contributed by atoms with E-state index < -0.39 is 5.97 Å². The molecular weight excluding hydrogens is 240 g/mol. The second kappa shape index (κ2) is 4.92. The third-order valence-corrected chi connectivity index (χ3v) is 3.15. The number of aromatic amines is 1. The number of aromatic nitrogens is 2. The lowest BCUT2D eigenvalue weighted by molar-refractivity contribution is -0.136. The molecule has 0 unspecified atom stereocenters. The fraction of sp³-hybridized carbons (Fsp3) is 0.182. The molecule has 0 aliphatic heterocycles. The number of carbonyl (C=O) groups is 1. The molecule has 0 amide bonds. The molecule has 0 aliphatic carbocycles. The zero-order chi connectivity index (χ0) is 12.3. The highest BCUT2D eigenvalue weighted by Crippen LogP contribution is 2.21. The Hall–Kier alpha value is -1.95. The average molecular weight is 250 g/mol. The number of aliphatic carboxylic acids is 1. The number of rotatable bonds is 4. The molecule has 17 heavy (non-hydrogen) atoms. The van der Waals surface area contributed by atoms with Gasteiger partial charge in [0.2, 0.25) is 0 Å². The predicted octanol–water partition coefficient (Wildman–Crippen LogP) is 1.52. The van der Waals surface area contributed by atoms with Crippen molar-refractivity contribution in [1.82, 2.24) is 10.2 Å². The summed E-state index contributed by atoms with van der Waals surface area (Å²) in [5.74, 6) is -0.918. The molecule has 2 heterocycles. The van der Waals surface area contributed by atoms with Gasteiger partial charge in [-0.3, -0.25) is 9.59 Å². The van der Waals surface area contributed by atoms with Gasteiger partial charge in [-0.15, -0.1) is 11.3 Å². The quantitative estimate of drug-likeness (QED) is 0.861. The van der Waals surface area contributed by atoms with Gasteiger partial charge in [-0.05, 0) is 23.9 Å². The summed E-state index contributed by atoms with van der Waals surface area (Å²) in [7, 11) is 0. The average Bonchev–Trinajstić information content (AvgIpc) is 2.81. The van der Waals surface area contributed by atoms with Crippen molar-refractivity contribution in [2.24, 2.45) is 0 Å². The van der Waals surface area contributed by atoms with Crippen LogP contribution in [0.25, 0.3) is 10.6 Å². The molecule has 0 atom stereocenters. The first-order chi connectivity index (χ1) is 8.16. The maximum Gasteiger partial charge on any atom is 0.303 e. The van der Waals surface area contributed by atoms with Crippen molar-refractivity contribution in [2.75, 3.05) is 0 Å². The van der Waals surface area contributed by atoms with Gasteiger partial charge in [-0.1, -0.05) is 6.07 Å². The topological polar surface area (TPSA) is 83.0 Å². The van der Waals surface area contributed by atoms with Crippen LogP contribution in [0.1, 0.15) is 12.0 Å². The molecule has 0 bridgehead atoms. The van der Waals surface area contributed by atoms with Crippen LogP contribution >= 0.6 is 11.3 Å². The Morgan fingerprint density at radius 1 is 1.53 bits per heavy atom. The van der Waals surface area contributed by atoms with Crippen LogP contribution in [0.4, 0.5) is 0 Å². The van der Waals surface area contributed by atoms with Gasteiger partial charge in [0.15, 0.2) is 0 Å². The lowest BCUT2D eigenvalue weighted by Crippen LogP contribution is -2.15. The van der Waals surface area contributed by atoms with E-state index in [4.69, 9.17) is 5.11 Å². The molecule has 0 fully saturated rings. The highest BCUT2D eigenvalue weighted by molar-refractivity contribution is 7.13. The third-order valence-electron chi connectivity index (χ3n) is 2.26. The van der Waals surface area contributed by atoms with Crippen molar-refractivity contribution < 1.29 is 9.90 Å². The molecule has 0 saturated carbocycles. The standard InChI is InChI=1S/C11H10N2O3S/c14-10(15)4-3-7-6-8(12-13-11(7)16)9-2-1-5-17-9/h1-2,5-6H,3-4H2,(H,13,16)(H,14,15). The van der Waals surface area contributed by atoms with Gasteiger partial charge < -0.3 is 5.11 Å². The van der Waals surface area contributed by atoms with E-state index in [9.17, 15) is 9.59 Å². The SMILES string of the molecule is O=C(O)CCc1cc(-c2cccs2)n[nH]c1=O. The van der Waals surface area contributed by atoms with E-state index in [0.29, 0.717) is 11.3 Å². The van der Waals surface area contributed by atoms with Crippen molar-refractivity contribution in [3.8, 4) is 10.6 Å². The minimum atomic E-state index is -0.918. The van der Waals surface area contributed by atoms with Crippen LogP contribution < -0.4 is 5.56 Å². The van der Waals surface area contributed by atoms with Gasteiger partial charge in [-0.25, -0.2) is 5.10 Å². The number of H-pyrrole nitrogens is 1. The summed E-state index contributed by atoms with van der Waals surface area (Å²) < 4.78 is 0. The highest BCUT2D eigenvalue weighted by Gasteiger charge is 2.07. The first-order valence-corrected chi connectivity index (χ1v) is 5.89. The monoisotopic (exact) mass is 250 g/mol. The van der Waals surface area contributed by atoms with Gasteiger partial charge >= 0.3 is 5.97 Å². The lowest BCUT2D eigenvalue weighted by Gasteiger charge is -2.00. The summed E-state index contributed by atoms with van der Waals surface area (Å²) in [6.45, 7) is 0. The maximum absolute atomic E-state index is 11.4. The number of carboxylic acid groups (broad SMARTS) is 1. The Labute approximate surface area is 101 Å². The number of aryl methyl sites for hydroxylation is 1. The molecule has 0 radical (unpaired) electrons. The fourth-order valence-electron chi connectivity index (χ4n) is 1.42. The molecule has 2 aromatic heterocycles. The number of thiophene rings is 1. The van der Waals surface area contributed by atoms with Gasteiger partial charge in [0.1, 0.15) is 5.69 Å².